The van der Waals surface area contributed by atoms with E-state index in [1.54, 1.807) is 6.20 Å². The number of aryl methyl sites for hydroxylation is 2. The van der Waals surface area contributed by atoms with Crippen LogP contribution in [-0.4, -0.2) is 32.2 Å². The van der Waals surface area contributed by atoms with E-state index in [0.717, 1.165) is 42.9 Å². The molecule has 0 aromatic carbocycles. The molecule has 0 atom stereocenters. The zero-order chi connectivity index (χ0) is 13.9. The molecule has 0 fully saturated rings. The Labute approximate surface area is 117 Å². The molecule has 1 aliphatic carbocycles. The molecule has 2 N–H and O–H groups in total. The molecule has 2 aromatic rings. The Morgan fingerprint density at radius 1 is 1.45 bits per heavy atom. The SMILES string of the molecule is Cc1nccn1CCNC(=O)c1n[nH]c2c1CCCC2. The minimum atomic E-state index is -0.0813. The number of hydrogen-bond donors (Lipinski definition) is 2. The summed E-state index contributed by atoms with van der Waals surface area (Å²) in [5.41, 5.74) is 2.81. The molecule has 3 rings (SSSR count). The fourth-order valence-electron chi connectivity index (χ4n) is 2.68. The lowest BCUT2D eigenvalue weighted by Crippen LogP contribution is -2.28. The number of hydrogen-bond acceptors (Lipinski definition) is 3. The van der Waals surface area contributed by atoms with Gasteiger partial charge in [-0.2, -0.15) is 5.10 Å². The van der Waals surface area contributed by atoms with E-state index >= 15 is 0 Å². The summed E-state index contributed by atoms with van der Waals surface area (Å²) in [5, 5.41) is 10.1. The Hall–Kier alpha value is -2.11. The largest absolute Gasteiger partial charge is 0.349 e. The van der Waals surface area contributed by atoms with Crippen LogP contribution in [0, 0.1) is 6.92 Å². The molecule has 6 heteroatoms. The third-order valence-corrected chi connectivity index (χ3v) is 3.83. The number of amides is 1. The summed E-state index contributed by atoms with van der Waals surface area (Å²) in [6.07, 6.45) is 7.95. The summed E-state index contributed by atoms with van der Waals surface area (Å²) in [5.74, 6) is 0.874. The molecule has 2 aromatic heterocycles. The van der Waals surface area contributed by atoms with Crippen molar-refractivity contribution >= 4 is 5.91 Å². The van der Waals surface area contributed by atoms with Crippen LogP contribution in [-0.2, 0) is 19.4 Å². The minimum absolute atomic E-state index is 0.0813. The smallest absolute Gasteiger partial charge is 0.272 e. The van der Waals surface area contributed by atoms with E-state index < -0.39 is 0 Å². The Morgan fingerprint density at radius 3 is 3.10 bits per heavy atom. The summed E-state index contributed by atoms with van der Waals surface area (Å²) in [6, 6.07) is 0. The molecule has 0 saturated carbocycles. The highest BCUT2D eigenvalue weighted by atomic mass is 16.1. The van der Waals surface area contributed by atoms with Crippen LogP contribution in [0.3, 0.4) is 0 Å². The lowest BCUT2D eigenvalue weighted by molar-refractivity contribution is 0.0946. The lowest BCUT2D eigenvalue weighted by atomic mass is 9.96. The van der Waals surface area contributed by atoms with Gasteiger partial charge in [0.15, 0.2) is 5.69 Å². The van der Waals surface area contributed by atoms with E-state index in [1.807, 2.05) is 17.7 Å². The van der Waals surface area contributed by atoms with Crippen molar-refractivity contribution in [3.8, 4) is 0 Å². The first-order chi connectivity index (χ1) is 9.75. The number of fused-ring (bicyclic) bond motifs is 1. The second kappa shape index (κ2) is 5.48. The summed E-state index contributed by atoms with van der Waals surface area (Å²) < 4.78 is 2.01. The zero-order valence-electron chi connectivity index (χ0n) is 11.6. The predicted molar refractivity (Wildman–Crippen MR) is 74.5 cm³/mol. The normalized spacial score (nSPS) is 14.1. The molecule has 0 bridgehead atoms. The van der Waals surface area contributed by atoms with Gasteiger partial charge in [0.2, 0.25) is 0 Å². The van der Waals surface area contributed by atoms with E-state index in [-0.39, 0.29) is 5.91 Å². The second-order valence-electron chi connectivity index (χ2n) is 5.16. The standard InChI is InChI=1S/C14H19N5O/c1-10-15-6-8-19(10)9-7-16-14(20)13-11-4-2-3-5-12(11)17-18-13/h6,8H,2-5,7,9H2,1H3,(H,16,20)(H,17,18). The molecular formula is C14H19N5O. The summed E-state index contributed by atoms with van der Waals surface area (Å²) in [7, 11) is 0. The lowest BCUT2D eigenvalue weighted by Gasteiger charge is -2.11. The average Bonchev–Trinajstić information content (AvgIpc) is 3.05. The quantitative estimate of drug-likeness (QED) is 0.879. The van der Waals surface area contributed by atoms with Gasteiger partial charge in [0.25, 0.3) is 5.91 Å². The topological polar surface area (TPSA) is 75.6 Å². The minimum Gasteiger partial charge on any atom is -0.349 e. The van der Waals surface area contributed by atoms with Crippen molar-refractivity contribution in [2.24, 2.45) is 0 Å². The molecule has 0 aliphatic heterocycles. The van der Waals surface area contributed by atoms with E-state index in [1.165, 1.54) is 6.42 Å². The van der Waals surface area contributed by atoms with Gasteiger partial charge in [0.1, 0.15) is 5.82 Å². The predicted octanol–water partition coefficient (Wildman–Crippen LogP) is 1.22. The number of nitrogens with zero attached hydrogens (tertiary/aromatic N) is 3. The molecule has 0 spiro atoms. The van der Waals surface area contributed by atoms with Crippen LogP contribution in [0.25, 0.3) is 0 Å². The summed E-state index contributed by atoms with van der Waals surface area (Å²) >= 11 is 0. The number of H-pyrrole nitrogens is 1. The van der Waals surface area contributed by atoms with Crippen LogP contribution in [0.4, 0.5) is 0 Å². The van der Waals surface area contributed by atoms with Crippen LogP contribution in [0.5, 0.6) is 0 Å². The molecule has 1 aliphatic rings. The Bertz CT molecular complexity index is 613. The Morgan fingerprint density at radius 2 is 2.30 bits per heavy atom. The zero-order valence-corrected chi connectivity index (χ0v) is 11.6. The van der Waals surface area contributed by atoms with Crippen molar-refractivity contribution in [2.45, 2.75) is 39.2 Å². The van der Waals surface area contributed by atoms with Crippen molar-refractivity contribution in [2.75, 3.05) is 6.54 Å². The Balaban J connectivity index is 1.59. The van der Waals surface area contributed by atoms with Gasteiger partial charge in [-0.15, -0.1) is 0 Å². The van der Waals surface area contributed by atoms with Crippen LogP contribution >= 0.6 is 0 Å². The number of rotatable bonds is 4. The van der Waals surface area contributed by atoms with E-state index in [0.29, 0.717) is 12.2 Å². The van der Waals surface area contributed by atoms with Gasteiger partial charge >= 0.3 is 0 Å². The number of carbonyl (C=O) groups is 1. The number of aromatic nitrogens is 4. The van der Waals surface area contributed by atoms with Crippen molar-refractivity contribution in [1.29, 1.82) is 0 Å². The maximum Gasteiger partial charge on any atom is 0.272 e. The number of aromatic amines is 1. The molecule has 20 heavy (non-hydrogen) atoms. The highest BCUT2D eigenvalue weighted by molar-refractivity contribution is 5.94. The molecule has 1 amide bonds. The third kappa shape index (κ3) is 2.45. The van der Waals surface area contributed by atoms with Crippen LogP contribution in [0.15, 0.2) is 12.4 Å². The van der Waals surface area contributed by atoms with Crippen molar-refractivity contribution < 1.29 is 4.79 Å². The molecule has 106 valence electrons. The molecule has 0 saturated heterocycles. The summed E-state index contributed by atoms with van der Waals surface area (Å²) in [4.78, 5) is 16.3. The highest BCUT2D eigenvalue weighted by Crippen LogP contribution is 2.21. The number of nitrogens with one attached hydrogen (secondary N) is 2. The van der Waals surface area contributed by atoms with Gasteiger partial charge in [-0.05, 0) is 32.6 Å². The molecule has 6 nitrogen and oxygen atoms in total. The fraction of sp³-hybridized carbons (Fsp3) is 0.500. The van der Waals surface area contributed by atoms with Crippen LogP contribution in [0.1, 0.15) is 40.4 Å². The van der Waals surface area contributed by atoms with E-state index in [2.05, 4.69) is 20.5 Å². The van der Waals surface area contributed by atoms with E-state index in [4.69, 9.17) is 0 Å². The molecule has 0 radical (unpaired) electrons. The van der Waals surface area contributed by atoms with E-state index in [9.17, 15) is 4.79 Å². The molecule has 0 unspecified atom stereocenters. The second-order valence-corrected chi connectivity index (χ2v) is 5.16. The van der Waals surface area contributed by atoms with Crippen molar-refractivity contribution in [3.63, 3.8) is 0 Å². The number of imidazole rings is 1. The monoisotopic (exact) mass is 273 g/mol. The fourth-order valence-corrected chi connectivity index (χ4v) is 2.68. The molecular weight excluding hydrogens is 254 g/mol. The first kappa shape index (κ1) is 12.9. The third-order valence-electron chi connectivity index (χ3n) is 3.83. The van der Waals surface area contributed by atoms with Gasteiger partial charge < -0.3 is 9.88 Å². The average molecular weight is 273 g/mol. The van der Waals surface area contributed by atoms with Crippen LogP contribution < -0.4 is 5.32 Å². The first-order valence-corrected chi connectivity index (χ1v) is 7.08. The van der Waals surface area contributed by atoms with Gasteiger partial charge in [-0.25, -0.2) is 4.98 Å². The summed E-state index contributed by atoms with van der Waals surface area (Å²) in [6.45, 7) is 3.26. The van der Waals surface area contributed by atoms with Crippen molar-refractivity contribution in [1.82, 2.24) is 25.1 Å². The number of carbonyl (C=O) groups excluding carboxylic acids is 1. The highest BCUT2D eigenvalue weighted by Gasteiger charge is 2.21. The van der Waals surface area contributed by atoms with Gasteiger partial charge in [-0.1, -0.05) is 0 Å². The first-order valence-electron chi connectivity index (χ1n) is 7.08. The van der Waals surface area contributed by atoms with Crippen LogP contribution in [0.2, 0.25) is 0 Å². The Kier molecular flexibility index (Phi) is 3.54. The maximum atomic E-state index is 12.2. The molecule has 2 heterocycles. The van der Waals surface area contributed by atoms with Gasteiger partial charge in [0.05, 0.1) is 0 Å². The van der Waals surface area contributed by atoms with Gasteiger partial charge in [0, 0.05) is 36.7 Å². The maximum absolute atomic E-state index is 12.2. The van der Waals surface area contributed by atoms with Crippen molar-refractivity contribution in [3.05, 3.63) is 35.2 Å². The van der Waals surface area contributed by atoms with Gasteiger partial charge in [-0.3, -0.25) is 9.89 Å².